The second-order valence-corrected chi connectivity index (χ2v) is 4.63. The minimum Gasteiger partial charge on any atom is -0.334 e. The molecule has 0 saturated carbocycles. The average Bonchev–Trinajstić information content (AvgIpc) is 2.39. The molecule has 0 aromatic carbocycles. The fourth-order valence-corrected chi connectivity index (χ4v) is 2.13. The summed E-state index contributed by atoms with van der Waals surface area (Å²) in [6.45, 7) is 10.5. The quantitative estimate of drug-likeness (QED) is 0.502. The summed E-state index contributed by atoms with van der Waals surface area (Å²) in [5.74, 6) is 0.271. The number of carbonyl (C=O) groups excluding carboxylic acids is 2. The van der Waals surface area contributed by atoms with Gasteiger partial charge in [-0.15, -0.1) is 13.2 Å². The second kappa shape index (κ2) is 7.82. The molecule has 0 spiro atoms. The van der Waals surface area contributed by atoms with Crippen LogP contribution in [-0.4, -0.2) is 54.7 Å². The predicted molar refractivity (Wildman–Crippen MR) is 72.2 cm³/mol. The predicted octanol–water partition coefficient (Wildman–Crippen LogP) is 1.10. The number of amides is 1. The van der Waals surface area contributed by atoms with Gasteiger partial charge in [0.05, 0.1) is 6.54 Å². The third-order valence-corrected chi connectivity index (χ3v) is 3.24. The molecule has 18 heavy (non-hydrogen) atoms. The summed E-state index contributed by atoms with van der Waals surface area (Å²) in [5.41, 5.74) is 0. The SMILES string of the molecule is C=CCN(CC=C)C(=O)CN1CCC(C=O)CC1. The summed E-state index contributed by atoms with van der Waals surface area (Å²) in [4.78, 5) is 26.6. The van der Waals surface area contributed by atoms with E-state index >= 15 is 0 Å². The minimum atomic E-state index is 0.0966. The summed E-state index contributed by atoms with van der Waals surface area (Å²) >= 11 is 0. The van der Waals surface area contributed by atoms with Crippen LogP contribution in [0.1, 0.15) is 12.8 Å². The average molecular weight is 250 g/mol. The van der Waals surface area contributed by atoms with Gasteiger partial charge in [0.15, 0.2) is 0 Å². The van der Waals surface area contributed by atoms with Crippen molar-refractivity contribution in [3.8, 4) is 0 Å². The van der Waals surface area contributed by atoms with Crippen molar-refractivity contribution in [2.75, 3.05) is 32.7 Å². The molecule has 0 aromatic heterocycles. The van der Waals surface area contributed by atoms with Crippen molar-refractivity contribution >= 4 is 12.2 Å². The van der Waals surface area contributed by atoms with Crippen molar-refractivity contribution in [3.05, 3.63) is 25.3 Å². The maximum Gasteiger partial charge on any atom is 0.237 e. The van der Waals surface area contributed by atoms with Gasteiger partial charge in [0, 0.05) is 19.0 Å². The van der Waals surface area contributed by atoms with Crippen molar-refractivity contribution in [2.24, 2.45) is 5.92 Å². The lowest BCUT2D eigenvalue weighted by Gasteiger charge is -2.30. The first-order chi connectivity index (χ1) is 8.71. The van der Waals surface area contributed by atoms with Gasteiger partial charge in [-0.1, -0.05) is 12.2 Å². The molecule has 0 aromatic rings. The number of likely N-dealkylation sites (tertiary alicyclic amines) is 1. The van der Waals surface area contributed by atoms with E-state index in [1.165, 1.54) is 0 Å². The zero-order valence-electron chi connectivity index (χ0n) is 10.9. The number of piperidine rings is 1. The third-order valence-electron chi connectivity index (χ3n) is 3.24. The molecular formula is C14H22N2O2. The third kappa shape index (κ3) is 4.45. The highest BCUT2D eigenvalue weighted by Crippen LogP contribution is 2.14. The van der Waals surface area contributed by atoms with Gasteiger partial charge in [-0.3, -0.25) is 9.69 Å². The number of aldehydes is 1. The Hall–Kier alpha value is -1.42. The Bertz CT molecular complexity index is 297. The summed E-state index contributed by atoms with van der Waals surface area (Å²) in [7, 11) is 0. The maximum atomic E-state index is 12.1. The molecule has 1 heterocycles. The number of hydrogen-bond acceptors (Lipinski definition) is 3. The van der Waals surface area contributed by atoms with E-state index in [1.54, 1.807) is 17.1 Å². The van der Waals surface area contributed by atoms with Crippen LogP contribution in [0.5, 0.6) is 0 Å². The minimum absolute atomic E-state index is 0.0966. The number of rotatable bonds is 7. The topological polar surface area (TPSA) is 40.6 Å². The van der Waals surface area contributed by atoms with Gasteiger partial charge in [-0.05, 0) is 25.9 Å². The number of hydrogen-bond donors (Lipinski definition) is 0. The van der Waals surface area contributed by atoms with Crippen molar-refractivity contribution in [1.82, 2.24) is 9.80 Å². The van der Waals surface area contributed by atoms with E-state index in [9.17, 15) is 9.59 Å². The summed E-state index contributed by atoms with van der Waals surface area (Å²) in [5, 5.41) is 0. The fraction of sp³-hybridized carbons (Fsp3) is 0.571. The van der Waals surface area contributed by atoms with Crippen LogP contribution in [0.4, 0.5) is 0 Å². The van der Waals surface area contributed by atoms with E-state index in [4.69, 9.17) is 0 Å². The molecule has 0 aliphatic carbocycles. The van der Waals surface area contributed by atoms with Crippen molar-refractivity contribution < 1.29 is 9.59 Å². The van der Waals surface area contributed by atoms with E-state index in [-0.39, 0.29) is 11.8 Å². The Morgan fingerprint density at radius 2 is 1.78 bits per heavy atom. The zero-order chi connectivity index (χ0) is 13.4. The van der Waals surface area contributed by atoms with Gasteiger partial charge in [-0.2, -0.15) is 0 Å². The summed E-state index contributed by atoms with van der Waals surface area (Å²) in [6, 6.07) is 0. The molecule has 0 unspecified atom stereocenters. The monoisotopic (exact) mass is 250 g/mol. The van der Waals surface area contributed by atoms with Gasteiger partial charge in [0.1, 0.15) is 6.29 Å². The summed E-state index contributed by atoms with van der Waals surface area (Å²) in [6.07, 6.45) is 6.19. The number of carbonyl (C=O) groups is 2. The first-order valence-corrected chi connectivity index (χ1v) is 6.38. The van der Waals surface area contributed by atoms with E-state index in [2.05, 4.69) is 18.1 Å². The van der Waals surface area contributed by atoms with Gasteiger partial charge >= 0.3 is 0 Å². The van der Waals surface area contributed by atoms with Crippen molar-refractivity contribution in [1.29, 1.82) is 0 Å². The van der Waals surface area contributed by atoms with Gasteiger partial charge in [0.2, 0.25) is 5.91 Å². The molecule has 1 aliphatic rings. The lowest BCUT2D eigenvalue weighted by atomic mass is 9.99. The second-order valence-electron chi connectivity index (χ2n) is 4.63. The van der Waals surface area contributed by atoms with Crippen molar-refractivity contribution in [3.63, 3.8) is 0 Å². The van der Waals surface area contributed by atoms with Crippen LogP contribution in [0.15, 0.2) is 25.3 Å². The van der Waals surface area contributed by atoms with Gasteiger partial charge in [-0.25, -0.2) is 0 Å². The first-order valence-electron chi connectivity index (χ1n) is 6.38. The molecule has 0 N–H and O–H groups in total. The molecule has 1 saturated heterocycles. The lowest BCUT2D eigenvalue weighted by molar-refractivity contribution is -0.131. The van der Waals surface area contributed by atoms with Crippen molar-refractivity contribution in [2.45, 2.75) is 12.8 Å². The van der Waals surface area contributed by atoms with E-state index in [0.717, 1.165) is 32.2 Å². The van der Waals surface area contributed by atoms with E-state index in [0.29, 0.717) is 19.6 Å². The zero-order valence-corrected chi connectivity index (χ0v) is 10.9. The Balaban J connectivity index is 2.40. The highest BCUT2D eigenvalue weighted by Gasteiger charge is 2.21. The van der Waals surface area contributed by atoms with E-state index < -0.39 is 0 Å². The molecule has 1 fully saturated rings. The Morgan fingerprint density at radius 3 is 2.22 bits per heavy atom. The molecule has 0 radical (unpaired) electrons. The van der Waals surface area contributed by atoms with Crippen LogP contribution in [0, 0.1) is 5.92 Å². The summed E-state index contributed by atoms with van der Waals surface area (Å²) < 4.78 is 0. The van der Waals surface area contributed by atoms with Gasteiger partial charge in [0.25, 0.3) is 0 Å². The lowest BCUT2D eigenvalue weighted by Crippen LogP contribution is -2.43. The van der Waals surface area contributed by atoms with Crippen LogP contribution in [0.2, 0.25) is 0 Å². The van der Waals surface area contributed by atoms with Crippen LogP contribution < -0.4 is 0 Å². The molecular weight excluding hydrogens is 228 g/mol. The molecule has 0 bridgehead atoms. The van der Waals surface area contributed by atoms with Crippen LogP contribution in [-0.2, 0) is 9.59 Å². The molecule has 1 aliphatic heterocycles. The maximum absolute atomic E-state index is 12.1. The molecule has 100 valence electrons. The Kier molecular flexibility index (Phi) is 6.36. The molecule has 4 nitrogen and oxygen atoms in total. The molecule has 4 heteroatoms. The van der Waals surface area contributed by atoms with E-state index in [1.807, 2.05) is 0 Å². The molecule has 1 rings (SSSR count). The van der Waals surface area contributed by atoms with Gasteiger partial charge < -0.3 is 9.69 Å². The standard InChI is InChI=1S/C14H22N2O2/c1-3-7-16(8-4-2)14(18)11-15-9-5-13(12-17)6-10-15/h3-4,12-13H,1-2,5-11H2. The highest BCUT2D eigenvalue weighted by molar-refractivity contribution is 5.78. The smallest absolute Gasteiger partial charge is 0.237 e. The molecule has 1 amide bonds. The number of nitrogens with zero attached hydrogens (tertiary/aromatic N) is 2. The largest absolute Gasteiger partial charge is 0.334 e. The molecule has 0 atom stereocenters. The van der Waals surface area contributed by atoms with Crippen LogP contribution >= 0.6 is 0 Å². The normalized spacial score (nSPS) is 17.1. The fourth-order valence-electron chi connectivity index (χ4n) is 2.13. The first kappa shape index (κ1) is 14.6. The Labute approximate surface area is 109 Å². The highest BCUT2D eigenvalue weighted by atomic mass is 16.2. The van der Waals surface area contributed by atoms with Crippen LogP contribution in [0.25, 0.3) is 0 Å². The Morgan fingerprint density at radius 1 is 1.22 bits per heavy atom. The van der Waals surface area contributed by atoms with Crippen LogP contribution in [0.3, 0.4) is 0 Å².